The number of hydrogen-bond donors (Lipinski definition) is 3. The zero-order valence-electron chi connectivity index (χ0n) is 19.1. The number of alkyl halides is 3. The molecular formula is C24H19F4N5O4. The number of hydrogen-bond acceptors (Lipinski definition) is 8. The number of nitrogens with zero attached hydrogens (tertiary/aromatic N) is 3. The Morgan fingerprint density at radius 1 is 1.11 bits per heavy atom. The Morgan fingerprint density at radius 2 is 1.86 bits per heavy atom. The molecule has 2 heterocycles. The molecule has 13 heteroatoms. The van der Waals surface area contributed by atoms with Crippen molar-refractivity contribution in [1.82, 2.24) is 9.97 Å². The van der Waals surface area contributed by atoms with Gasteiger partial charge in [-0.3, -0.25) is 0 Å². The van der Waals surface area contributed by atoms with E-state index in [0.717, 1.165) is 11.6 Å². The van der Waals surface area contributed by atoms with E-state index in [1.165, 1.54) is 18.5 Å². The highest BCUT2D eigenvalue weighted by Gasteiger charge is 2.34. The van der Waals surface area contributed by atoms with Crippen LogP contribution in [-0.2, 0) is 12.8 Å². The summed E-state index contributed by atoms with van der Waals surface area (Å²) < 4.78 is 68.8. The number of nitrogens with two attached hydrogens (primary N) is 1. The Labute approximate surface area is 207 Å². The molecule has 4 aromatic rings. The highest BCUT2D eigenvalue weighted by atomic mass is 19.4. The third-order valence-corrected chi connectivity index (χ3v) is 5.07. The third kappa shape index (κ3) is 5.89. The van der Waals surface area contributed by atoms with Crippen LogP contribution in [0.1, 0.15) is 16.8 Å². The van der Waals surface area contributed by atoms with Gasteiger partial charge in [-0.25, -0.2) is 14.4 Å². The second kappa shape index (κ2) is 10.4. The molecule has 2 aromatic carbocycles. The minimum atomic E-state index is -4.81. The van der Waals surface area contributed by atoms with E-state index in [4.69, 9.17) is 24.8 Å². The molecular weight excluding hydrogens is 498 g/mol. The predicted octanol–water partition coefficient (Wildman–Crippen LogP) is 5.32. The Kier molecular flexibility index (Phi) is 7.13. The molecule has 0 bridgehead atoms. The van der Waals surface area contributed by atoms with Crippen LogP contribution in [0.5, 0.6) is 11.5 Å². The standard InChI is InChI=1S/C24H19F4N5O4/c1-35-16-5-2-13(3-6-16)12-36-19-9-15(10-30-21(19)22(29)33-34)32-23-31-11-20(37-23)14-4-7-17(18(25)8-14)24(26,27)28/h2-11,34H,12H2,1H3,(H2,29,33)(H,31,32). The highest BCUT2D eigenvalue weighted by molar-refractivity contribution is 5.98. The number of methoxy groups -OCH3 is 1. The SMILES string of the molecule is COc1ccc(COc2cc(Nc3ncc(-c4ccc(C(F)(F)F)c(F)c4)o3)cnc2C(N)=NO)cc1. The van der Waals surface area contributed by atoms with Crippen LogP contribution >= 0.6 is 0 Å². The smallest absolute Gasteiger partial charge is 0.419 e. The quantitative estimate of drug-likeness (QED) is 0.0942. The van der Waals surface area contributed by atoms with Gasteiger partial charge in [-0.1, -0.05) is 23.4 Å². The summed E-state index contributed by atoms with van der Waals surface area (Å²) in [5.41, 5.74) is 5.62. The van der Waals surface area contributed by atoms with E-state index in [0.29, 0.717) is 23.6 Å². The zero-order chi connectivity index (χ0) is 26.6. The second-order valence-corrected chi connectivity index (χ2v) is 7.54. The van der Waals surface area contributed by atoms with E-state index in [-0.39, 0.29) is 41.2 Å². The zero-order valence-corrected chi connectivity index (χ0v) is 19.1. The number of ether oxygens (including phenoxy) is 2. The van der Waals surface area contributed by atoms with Crippen LogP contribution in [0, 0.1) is 5.82 Å². The van der Waals surface area contributed by atoms with Crippen molar-refractivity contribution in [1.29, 1.82) is 0 Å². The van der Waals surface area contributed by atoms with Crippen molar-refractivity contribution in [3.05, 3.63) is 83.6 Å². The van der Waals surface area contributed by atoms with Gasteiger partial charge >= 0.3 is 6.18 Å². The summed E-state index contributed by atoms with van der Waals surface area (Å²) in [4.78, 5) is 8.16. The molecule has 0 aliphatic heterocycles. The van der Waals surface area contributed by atoms with Crippen molar-refractivity contribution in [3.8, 4) is 22.8 Å². The molecule has 4 rings (SSSR count). The largest absolute Gasteiger partial charge is 0.497 e. The van der Waals surface area contributed by atoms with Crippen LogP contribution < -0.4 is 20.5 Å². The van der Waals surface area contributed by atoms with Crippen molar-refractivity contribution in [2.75, 3.05) is 12.4 Å². The normalized spacial score (nSPS) is 11.9. The first-order valence-corrected chi connectivity index (χ1v) is 10.5. The molecule has 0 aliphatic rings. The van der Waals surface area contributed by atoms with Crippen LogP contribution in [0.3, 0.4) is 0 Å². The lowest BCUT2D eigenvalue weighted by Crippen LogP contribution is -2.17. The lowest BCUT2D eigenvalue weighted by atomic mass is 10.1. The fraction of sp³-hybridized carbons (Fsp3) is 0.125. The Bertz CT molecular complexity index is 1420. The number of oxime groups is 1. The van der Waals surface area contributed by atoms with Gasteiger partial charge in [0.15, 0.2) is 23.0 Å². The van der Waals surface area contributed by atoms with E-state index in [9.17, 15) is 17.6 Å². The fourth-order valence-corrected chi connectivity index (χ4v) is 3.23. The third-order valence-electron chi connectivity index (χ3n) is 5.07. The van der Waals surface area contributed by atoms with Crippen molar-refractivity contribution in [2.24, 2.45) is 10.9 Å². The minimum Gasteiger partial charge on any atom is -0.497 e. The van der Waals surface area contributed by atoms with Crippen molar-refractivity contribution in [3.63, 3.8) is 0 Å². The first kappa shape index (κ1) is 25.3. The summed E-state index contributed by atoms with van der Waals surface area (Å²) in [6.45, 7) is 0.128. The van der Waals surface area contributed by atoms with E-state index in [2.05, 4.69) is 20.4 Å². The second-order valence-electron chi connectivity index (χ2n) is 7.54. The summed E-state index contributed by atoms with van der Waals surface area (Å²) in [5.74, 6) is -0.824. The number of anilines is 2. The molecule has 0 radical (unpaired) electrons. The number of aromatic nitrogens is 2. The summed E-state index contributed by atoms with van der Waals surface area (Å²) in [6.07, 6.45) is -2.24. The Morgan fingerprint density at radius 3 is 2.51 bits per heavy atom. The topological polar surface area (TPSA) is 128 Å². The maximum absolute atomic E-state index is 13.9. The summed E-state index contributed by atoms with van der Waals surface area (Å²) >= 11 is 0. The Balaban J connectivity index is 1.53. The number of benzene rings is 2. The van der Waals surface area contributed by atoms with Crippen LogP contribution in [0.2, 0.25) is 0 Å². The molecule has 0 saturated heterocycles. The molecule has 2 aromatic heterocycles. The molecule has 0 aliphatic carbocycles. The van der Waals surface area contributed by atoms with Crippen LogP contribution in [-0.4, -0.2) is 28.1 Å². The number of nitrogens with one attached hydrogen (secondary N) is 1. The lowest BCUT2D eigenvalue weighted by Gasteiger charge is -2.12. The molecule has 0 spiro atoms. The summed E-state index contributed by atoms with van der Waals surface area (Å²) in [6, 6.07) is 11.0. The average Bonchev–Trinajstić information content (AvgIpc) is 3.35. The lowest BCUT2D eigenvalue weighted by molar-refractivity contribution is -0.139. The van der Waals surface area contributed by atoms with Gasteiger partial charge in [0, 0.05) is 11.6 Å². The molecule has 0 saturated carbocycles. The average molecular weight is 517 g/mol. The molecule has 9 nitrogen and oxygen atoms in total. The molecule has 192 valence electrons. The van der Waals surface area contributed by atoms with Gasteiger partial charge in [-0.05, 0) is 29.8 Å². The number of rotatable bonds is 8. The molecule has 0 unspecified atom stereocenters. The van der Waals surface area contributed by atoms with Gasteiger partial charge in [-0.15, -0.1) is 0 Å². The van der Waals surface area contributed by atoms with Gasteiger partial charge in [0.25, 0.3) is 6.01 Å². The predicted molar refractivity (Wildman–Crippen MR) is 124 cm³/mol. The van der Waals surface area contributed by atoms with E-state index < -0.39 is 17.6 Å². The fourth-order valence-electron chi connectivity index (χ4n) is 3.23. The maximum atomic E-state index is 13.9. The van der Waals surface area contributed by atoms with Gasteiger partial charge < -0.3 is 30.1 Å². The molecule has 4 N–H and O–H groups in total. The minimum absolute atomic E-state index is 0.0346. The Hall–Kier alpha value is -4.81. The van der Waals surface area contributed by atoms with Crippen molar-refractivity contribution >= 4 is 17.5 Å². The van der Waals surface area contributed by atoms with Crippen LogP contribution in [0.4, 0.5) is 29.3 Å². The molecule has 37 heavy (non-hydrogen) atoms. The first-order valence-electron chi connectivity index (χ1n) is 10.5. The van der Waals surface area contributed by atoms with E-state index >= 15 is 0 Å². The summed E-state index contributed by atoms with van der Waals surface area (Å²) in [7, 11) is 1.55. The van der Waals surface area contributed by atoms with Crippen LogP contribution in [0.15, 0.2) is 70.5 Å². The van der Waals surface area contributed by atoms with E-state index in [1.807, 2.05) is 0 Å². The first-order chi connectivity index (χ1) is 17.7. The maximum Gasteiger partial charge on any atom is 0.419 e. The van der Waals surface area contributed by atoms with Crippen LogP contribution in [0.25, 0.3) is 11.3 Å². The number of halogens is 4. The monoisotopic (exact) mass is 517 g/mol. The summed E-state index contributed by atoms with van der Waals surface area (Å²) in [5, 5.41) is 14.9. The van der Waals surface area contributed by atoms with Gasteiger partial charge in [0.05, 0.1) is 30.8 Å². The number of amidine groups is 1. The van der Waals surface area contributed by atoms with E-state index in [1.54, 1.807) is 31.4 Å². The van der Waals surface area contributed by atoms with Gasteiger partial charge in [-0.2, -0.15) is 13.2 Å². The number of pyridine rings is 1. The molecule has 0 amide bonds. The highest BCUT2D eigenvalue weighted by Crippen LogP contribution is 2.34. The van der Waals surface area contributed by atoms with Gasteiger partial charge in [0.1, 0.15) is 18.2 Å². The molecule has 0 fully saturated rings. The van der Waals surface area contributed by atoms with Crippen molar-refractivity contribution in [2.45, 2.75) is 12.8 Å². The number of oxazole rings is 1. The van der Waals surface area contributed by atoms with Crippen molar-refractivity contribution < 1.29 is 36.7 Å². The van der Waals surface area contributed by atoms with Gasteiger partial charge in [0.2, 0.25) is 0 Å². The molecule has 0 atom stereocenters.